The lowest BCUT2D eigenvalue weighted by molar-refractivity contribution is -0.139. The van der Waals surface area contributed by atoms with Gasteiger partial charge < -0.3 is 14.5 Å². The van der Waals surface area contributed by atoms with Gasteiger partial charge in [0, 0.05) is 19.2 Å². The number of para-hydroxylation sites is 2. The van der Waals surface area contributed by atoms with Crippen LogP contribution in [-0.2, 0) is 9.59 Å². The average molecular weight is 382 g/mol. The summed E-state index contributed by atoms with van der Waals surface area (Å²) in [5, 5.41) is 3.96. The second kappa shape index (κ2) is 7.96. The molecule has 0 aliphatic carbocycles. The predicted molar refractivity (Wildman–Crippen MR) is 107 cm³/mol. The Bertz CT molecular complexity index is 841. The second-order valence-electron chi connectivity index (χ2n) is 6.80. The molecule has 2 aliphatic heterocycles. The van der Waals surface area contributed by atoms with Crippen molar-refractivity contribution in [2.75, 3.05) is 24.5 Å². The van der Waals surface area contributed by atoms with Gasteiger partial charge in [-0.1, -0.05) is 12.1 Å². The van der Waals surface area contributed by atoms with Crippen molar-refractivity contribution >= 4 is 34.9 Å². The molecule has 4 rings (SSSR count). The molecule has 2 aliphatic rings. The van der Waals surface area contributed by atoms with Crippen LogP contribution in [0, 0.1) is 0 Å². The van der Waals surface area contributed by atoms with Crippen molar-refractivity contribution in [2.24, 2.45) is 0 Å². The molecule has 0 bridgehead atoms. The monoisotopic (exact) mass is 382 g/mol. The summed E-state index contributed by atoms with van der Waals surface area (Å²) in [4.78, 5) is 29.3. The third-order valence-corrected chi connectivity index (χ3v) is 5.65. The summed E-state index contributed by atoms with van der Waals surface area (Å²) in [6.07, 6.45) is 5.93. The van der Waals surface area contributed by atoms with Crippen molar-refractivity contribution in [1.29, 1.82) is 0 Å². The average Bonchev–Trinajstić information content (AvgIpc) is 3.25. The Hall–Kier alpha value is -2.60. The minimum Gasteiger partial charge on any atom is -0.476 e. The van der Waals surface area contributed by atoms with Gasteiger partial charge in [0.15, 0.2) is 6.10 Å². The van der Waals surface area contributed by atoms with E-state index in [0.717, 1.165) is 37.9 Å². The smallest absolute Gasteiger partial charge is 0.265 e. The van der Waals surface area contributed by atoms with Crippen molar-refractivity contribution in [1.82, 2.24) is 4.90 Å². The van der Waals surface area contributed by atoms with E-state index >= 15 is 0 Å². The number of nitrogens with zero attached hydrogens (tertiary/aromatic N) is 2. The first-order chi connectivity index (χ1) is 13.2. The summed E-state index contributed by atoms with van der Waals surface area (Å²) < 4.78 is 5.97. The van der Waals surface area contributed by atoms with E-state index in [2.05, 4.69) is 0 Å². The van der Waals surface area contributed by atoms with Crippen LogP contribution < -0.4 is 9.64 Å². The van der Waals surface area contributed by atoms with E-state index in [1.807, 2.05) is 46.0 Å². The zero-order chi connectivity index (χ0) is 18.6. The molecule has 0 spiro atoms. The molecule has 0 saturated carbocycles. The Morgan fingerprint density at radius 3 is 2.70 bits per heavy atom. The summed E-state index contributed by atoms with van der Waals surface area (Å²) in [5.41, 5.74) is 1.70. The van der Waals surface area contributed by atoms with Crippen molar-refractivity contribution in [2.45, 2.75) is 25.4 Å². The van der Waals surface area contributed by atoms with Crippen molar-refractivity contribution in [3.05, 3.63) is 52.7 Å². The standard InChI is InChI=1S/C21H22N2O3S/c24-20(9-8-16-10-13-27-15-16)23-14-19(21(25)22-11-4-1-5-12-22)26-18-7-3-2-6-17(18)23/h2-3,6-10,13,15,19H,1,4-5,11-12,14H2. The van der Waals surface area contributed by atoms with Crippen LogP contribution in [0.3, 0.4) is 0 Å². The number of hydrogen-bond donors (Lipinski definition) is 0. The lowest BCUT2D eigenvalue weighted by Crippen LogP contribution is -2.52. The summed E-state index contributed by atoms with van der Waals surface area (Å²) in [6.45, 7) is 1.78. The van der Waals surface area contributed by atoms with E-state index in [-0.39, 0.29) is 18.4 Å². The molecular weight excluding hydrogens is 360 g/mol. The number of carbonyl (C=O) groups is 2. The number of rotatable bonds is 3. The molecule has 6 heteroatoms. The number of likely N-dealkylation sites (tertiary alicyclic amines) is 1. The molecule has 1 aromatic heterocycles. The number of ether oxygens (including phenoxy) is 1. The molecule has 5 nitrogen and oxygen atoms in total. The summed E-state index contributed by atoms with van der Waals surface area (Å²) in [7, 11) is 0. The highest BCUT2D eigenvalue weighted by Crippen LogP contribution is 2.34. The van der Waals surface area contributed by atoms with E-state index < -0.39 is 6.10 Å². The van der Waals surface area contributed by atoms with Crippen LogP contribution in [0.2, 0.25) is 0 Å². The zero-order valence-corrected chi connectivity index (χ0v) is 15.9. The molecule has 27 heavy (non-hydrogen) atoms. The highest BCUT2D eigenvalue weighted by molar-refractivity contribution is 7.08. The maximum Gasteiger partial charge on any atom is 0.265 e. The van der Waals surface area contributed by atoms with E-state index in [4.69, 9.17) is 4.74 Å². The normalized spacial score (nSPS) is 19.6. The van der Waals surface area contributed by atoms with Crippen LogP contribution in [-0.4, -0.2) is 42.5 Å². The Balaban J connectivity index is 1.56. The second-order valence-corrected chi connectivity index (χ2v) is 7.58. The van der Waals surface area contributed by atoms with Gasteiger partial charge in [-0.05, 0) is 59.9 Å². The highest BCUT2D eigenvalue weighted by Gasteiger charge is 2.35. The van der Waals surface area contributed by atoms with Crippen LogP contribution in [0.25, 0.3) is 6.08 Å². The predicted octanol–water partition coefficient (Wildman–Crippen LogP) is 3.57. The van der Waals surface area contributed by atoms with E-state index in [0.29, 0.717) is 11.4 Å². The van der Waals surface area contributed by atoms with Gasteiger partial charge in [0.2, 0.25) is 0 Å². The molecule has 0 N–H and O–H groups in total. The van der Waals surface area contributed by atoms with Crippen LogP contribution in [0.15, 0.2) is 47.2 Å². The van der Waals surface area contributed by atoms with Gasteiger partial charge in [0.05, 0.1) is 12.2 Å². The number of anilines is 1. The van der Waals surface area contributed by atoms with Crippen LogP contribution in [0.1, 0.15) is 24.8 Å². The number of thiophene rings is 1. The Morgan fingerprint density at radius 1 is 1.11 bits per heavy atom. The number of carbonyl (C=O) groups excluding carboxylic acids is 2. The maximum absolute atomic E-state index is 12.9. The van der Waals surface area contributed by atoms with Crippen LogP contribution >= 0.6 is 11.3 Å². The maximum atomic E-state index is 12.9. The lowest BCUT2D eigenvalue weighted by Gasteiger charge is -2.37. The molecule has 1 aromatic carbocycles. The summed E-state index contributed by atoms with van der Waals surface area (Å²) >= 11 is 1.59. The molecule has 2 aromatic rings. The van der Waals surface area contributed by atoms with E-state index in [9.17, 15) is 9.59 Å². The van der Waals surface area contributed by atoms with Crippen molar-refractivity contribution in [3.63, 3.8) is 0 Å². The molecule has 3 heterocycles. The molecular formula is C21H22N2O3S. The first kappa shape index (κ1) is 17.8. The fourth-order valence-corrected chi connectivity index (χ4v) is 4.15. The first-order valence-electron chi connectivity index (χ1n) is 9.28. The van der Waals surface area contributed by atoms with Crippen LogP contribution in [0.5, 0.6) is 5.75 Å². The third-order valence-electron chi connectivity index (χ3n) is 4.94. The Labute approximate surface area is 162 Å². The first-order valence-corrected chi connectivity index (χ1v) is 10.2. The van der Waals surface area contributed by atoms with E-state index in [1.165, 1.54) is 0 Å². The fourth-order valence-electron chi connectivity index (χ4n) is 3.52. The van der Waals surface area contributed by atoms with Gasteiger partial charge in [0.1, 0.15) is 5.75 Å². The topological polar surface area (TPSA) is 49.9 Å². The number of benzene rings is 1. The van der Waals surface area contributed by atoms with Gasteiger partial charge in [0.25, 0.3) is 11.8 Å². The van der Waals surface area contributed by atoms with Gasteiger partial charge in [-0.3, -0.25) is 9.59 Å². The molecule has 0 radical (unpaired) electrons. The highest BCUT2D eigenvalue weighted by atomic mass is 32.1. The number of amides is 2. The number of fused-ring (bicyclic) bond motifs is 1. The zero-order valence-electron chi connectivity index (χ0n) is 15.0. The largest absolute Gasteiger partial charge is 0.476 e. The fraction of sp³-hybridized carbons (Fsp3) is 0.333. The molecule has 1 atom stereocenters. The summed E-state index contributed by atoms with van der Waals surface area (Å²) in [5.74, 6) is 0.411. The molecule has 1 fully saturated rings. The SMILES string of the molecule is O=C(C1CN(C(=O)C=Cc2ccsc2)c2ccccc2O1)N1CCCCC1. The summed E-state index contributed by atoms with van der Waals surface area (Å²) in [6, 6.07) is 9.36. The van der Waals surface area contributed by atoms with Gasteiger partial charge >= 0.3 is 0 Å². The third kappa shape index (κ3) is 3.90. The van der Waals surface area contributed by atoms with Crippen LogP contribution in [0.4, 0.5) is 5.69 Å². The van der Waals surface area contributed by atoms with Gasteiger partial charge in [-0.2, -0.15) is 11.3 Å². The van der Waals surface area contributed by atoms with Gasteiger partial charge in [-0.25, -0.2) is 0 Å². The minimum absolute atomic E-state index is 0.0242. The quantitative estimate of drug-likeness (QED) is 0.763. The number of hydrogen-bond acceptors (Lipinski definition) is 4. The Morgan fingerprint density at radius 2 is 1.93 bits per heavy atom. The number of piperidine rings is 1. The molecule has 2 amide bonds. The lowest BCUT2D eigenvalue weighted by atomic mass is 10.1. The molecule has 1 saturated heterocycles. The minimum atomic E-state index is -0.656. The van der Waals surface area contributed by atoms with E-state index in [1.54, 1.807) is 28.4 Å². The van der Waals surface area contributed by atoms with Crippen molar-refractivity contribution < 1.29 is 14.3 Å². The van der Waals surface area contributed by atoms with Gasteiger partial charge in [-0.15, -0.1) is 0 Å². The molecule has 140 valence electrons. The van der Waals surface area contributed by atoms with Crippen molar-refractivity contribution in [3.8, 4) is 5.75 Å². The Kier molecular flexibility index (Phi) is 5.25. The molecule has 1 unspecified atom stereocenters.